The van der Waals surface area contributed by atoms with Gasteiger partial charge in [0.1, 0.15) is 18.2 Å². The number of hydrogen-bond acceptors (Lipinski definition) is 5. The Labute approximate surface area is 162 Å². The van der Waals surface area contributed by atoms with Crippen LogP contribution in [0.3, 0.4) is 0 Å². The maximum atomic E-state index is 13.2. The average Bonchev–Trinajstić information content (AvgIpc) is 3.40. The predicted octanol–water partition coefficient (Wildman–Crippen LogP) is 2.04. The number of imidazole rings is 1. The van der Waals surface area contributed by atoms with Gasteiger partial charge in [-0.2, -0.15) is 9.40 Å². The number of ether oxygens (including phenoxy) is 1. The van der Waals surface area contributed by atoms with E-state index in [-0.39, 0.29) is 23.4 Å². The third kappa shape index (κ3) is 3.78. The quantitative estimate of drug-likeness (QED) is 0.677. The second-order valence-electron chi connectivity index (χ2n) is 6.79. The molecule has 1 atom stereocenters. The number of H-pyrrole nitrogens is 1. The van der Waals surface area contributed by atoms with Crippen LogP contribution < -0.4 is 4.74 Å². The molecule has 0 radical (unpaired) electrons. The molecule has 1 aliphatic heterocycles. The second-order valence-corrected chi connectivity index (χ2v) is 8.67. The molecule has 10 heteroatoms. The van der Waals surface area contributed by atoms with Gasteiger partial charge in [-0.15, -0.1) is 0 Å². The van der Waals surface area contributed by atoms with Crippen LogP contribution >= 0.6 is 0 Å². The Morgan fingerprint density at radius 2 is 2.21 bits per heavy atom. The van der Waals surface area contributed by atoms with E-state index in [0.29, 0.717) is 25.3 Å². The van der Waals surface area contributed by atoms with Crippen molar-refractivity contribution in [2.75, 3.05) is 13.1 Å². The Balaban J connectivity index is 1.39. The highest BCUT2D eigenvalue weighted by atomic mass is 32.2. The van der Waals surface area contributed by atoms with Crippen molar-refractivity contribution in [2.45, 2.75) is 24.0 Å². The number of sulfonamides is 1. The third-order valence-corrected chi connectivity index (χ3v) is 6.45. The van der Waals surface area contributed by atoms with Crippen molar-refractivity contribution in [3.05, 3.63) is 60.1 Å². The van der Waals surface area contributed by atoms with E-state index in [4.69, 9.17) is 4.74 Å². The molecular formula is C18H20FN5O3S. The van der Waals surface area contributed by atoms with Crippen LogP contribution in [0, 0.1) is 5.82 Å². The van der Waals surface area contributed by atoms with Crippen LogP contribution in [0.1, 0.15) is 23.7 Å². The highest BCUT2D eigenvalue weighted by Gasteiger charge is 2.35. The number of aromatic amines is 1. The van der Waals surface area contributed by atoms with Gasteiger partial charge in [-0.1, -0.05) is 6.07 Å². The fourth-order valence-corrected chi connectivity index (χ4v) is 4.69. The summed E-state index contributed by atoms with van der Waals surface area (Å²) in [6.07, 6.45) is 3.65. The minimum atomic E-state index is -3.60. The molecule has 0 bridgehead atoms. The standard InChI is InChI=1S/C18H20FN5O3S/c1-23-10-18(20-12-23)28(25,26)24-6-5-13(9-24)17-8-15(21-22-17)11-27-16-4-2-3-14(19)7-16/h2-4,7-8,10,12-13H,5-6,9,11H2,1H3,(H,21,22). The molecule has 0 saturated carbocycles. The molecular weight excluding hydrogens is 385 g/mol. The molecule has 8 nitrogen and oxygen atoms in total. The summed E-state index contributed by atoms with van der Waals surface area (Å²) in [5.74, 6) is 0.0743. The number of hydrogen-bond donors (Lipinski definition) is 1. The maximum Gasteiger partial charge on any atom is 0.262 e. The summed E-state index contributed by atoms with van der Waals surface area (Å²) < 4.78 is 47.2. The highest BCUT2D eigenvalue weighted by Crippen LogP contribution is 2.30. The molecule has 0 spiro atoms. The van der Waals surface area contributed by atoms with E-state index in [9.17, 15) is 12.8 Å². The molecule has 1 unspecified atom stereocenters. The minimum Gasteiger partial charge on any atom is -0.487 e. The van der Waals surface area contributed by atoms with Gasteiger partial charge in [0.05, 0.1) is 17.7 Å². The highest BCUT2D eigenvalue weighted by molar-refractivity contribution is 7.89. The van der Waals surface area contributed by atoms with E-state index in [1.807, 2.05) is 6.07 Å². The number of nitrogens with zero attached hydrogens (tertiary/aromatic N) is 4. The largest absolute Gasteiger partial charge is 0.487 e. The molecule has 1 saturated heterocycles. The van der Waals surface area contributed by atoms with E-state index < -0.39 is 10.0 Å². The first-order valence-electron chi connectivity index (χ1n) is 8.82. The summed E-state index contributed by atoms with van der Waals surface area (Å²) in [4.78, 5) is 3.96. The van der Waals surface area contributed by atoms with Crippen molar-refractivity contribution in [2.24, 2.45) is 7.05 Å². The summed E-state index contributed by atoms with van der Waals surface area (Å²) in [6, 6.07) is 7.79. The molecule has 1 aliphatic rings. The van der Waals surface area contributed by atoms with Crippen LogP contribution in [0.5, 0.6) is 5.75 Å². The molecule has 4 rings (SSSR count). The summed E-state index contributed by atoms with van der Waals surface area (Å²) in [5, 5.41) is 7.26. The van der Waals surface area contributed by atoms with Crippen molar-refractivity contribution in [1.82, 2.24) is 24.1 Å². The Bertz CT molecular complexity index is 1080. The van der Waals surface area contributed by atoms with Gasteiger partial charge in [-0.05, 0) is 24.6 Å². The molecule has 28 heavy (non-hydrogen) atoms. The Morgan fingerprint density at radius 1 is 1.36 bits per heavy atom. The molecule has 0 amide bonds. The molecule has 3 heterocycles. The van der Waals surface area contributed by atoms with E-state index in [1.165, 1.54) is 29.0 Å². The van der Waals surface area contributed by atoms with E-state index in [1.54, 1.807) is 23.7 Å². The van der Waals surface area contributed by atoms with Gasteiger partial charge in [-0.3, -0.25) is 5.10 Å². The van der Waals surface area contributed by atoms with Crippen LogP contribution in [-0.4, -0.2) is 45.6 Å². The molecule has 3 aromatic rings. The Hall–Kier alpha value is -2.72. The van der Waals surface area contributed by atoms with Crippen LogP contribution in [0.15, 0.2) is 47.9 Å². The summed E-state index contributed by atoms with van der Waals surface area (Å²) in [7, 11) is -1.87. The van der Waals surface area contributed by atoms with E-state index in [2.05, 4.69) is 15.2 Å². The minimum absolute atomic E-state index is 0.00217. The Kier molecular flexibility index (Phi) is 4.90. The lowest BCUT2D eigenvalue weighted by Crippen LogP contribution is -2.29. The fraction of sp³-hybridized carbons (Fsp3) is 0.333. The van der Waals surface area contributed by atoms with Crippen molar-refractivity contribution < 1.29 is 17.5 Å². The van der Waals surface area contributed by atoms with Crippen molar-refractivity contribution in [3.63, 3.8) is 0 Å². The smallest absolute Gasteiger partial charge is 0.262 e. The van der Waals surface area contributed by atoms with Crippen LogP contribution in [0.2, 0.25) is 0 Å². The fourth-order valence-electron chi connectivity index (χ4n) is 3.22. The first-order valence-corrected chi connectivity index (χ1v) is 10.3. The Morgan fingerprint density at radius 3 is 2.96 bits per heavy atom. The topological polar surface area (TPSA) is 93.1 Å². The molecule has 148 valence electrons. The molecule has 1 aromatic carbocycles. The first kappa shape index (κ1) is 18.6. The van der Waals surface area contributed by atoms with Gasteiger partial charge in [0.15, 0.2) is 5.03 Å². The average molecular weight is 405 g/mol. The van der Waals surface area contributed by atoms with Crippen molar-refractivity contribution in [1.29, 1.82) is 0 Å². The molecule has 2 aromatic heterocycles. The maximum absolute atomic E-state index is 13.2. The lowest BCUT2D eigenvalue weighted by Gasteiger charge is -2.14. The third-order valence-electron chi connectivity index (χ3n) is 4.70. The summed E-state index contributed by atoms with van der Waals surface area (Å²) in [5.41, 5.74) is 1.53. The molecule has 1 fully saturated rings. The van der Waals surface area contributed by atoms with Crippen LogP contribution in [-0.2, 0) is 23.7 Å². The van der Waals surface area contributed by atoms with Crippen LogP contribution in [0.4, 0.5) is 4.39 Å². The summed E-state index contributed by atoms with van der Waals surface area (Å²) in [6.45, 7) is 0.999. The molecule has 0 aliphatic carbocycles. The summed E-state index contributed by atoms with van der Waals surface area (Å²) >= 11 is 0. The van der Waals surface area contributed by atoms with Gasteiger partial charge >= 0.3 is 0 Å². The van der Waals surface area contributed by atoms with Crippen molar-refractivity contribution >= 4 is 10.0 Å². The number of aromatic nitrogens is 4. The van der Waals surface area contributed by atoms with Gasteiger partial charge in [0, 0.05) is 38.3 Å². The number of halogens is 1. The lowest BCUT2D eigenvalue weighted by atomic mass is 10.1. The first-order chi connectivity index (χ1) is 13.4. The SMILES string of the molecule is Cn1cnc(S(=O)(=O)N2CCC(c3cc(COc4cccc(F)c4)[nH]n3)C2)c1. The number of aryl methyl sites for hydroxylation is 1. The van der Waals surface area contributed by atoms with Gasteiger partial charge < -0.3 is 9.30 Å². The number of nitrogens with one attached hydrogen (secondary N) is 1. The van der Waals surface area contributed by atoms with E-state index in [0.717, 1.165) is 11.4 Å². The lowest BCUT2D eigenvalue weighted by molar-refractivity contribution is 0.299. The second kappa shape index (κ2) is 7.36. The predicted molar refractivity (Wildman–Crippen MR) is 98.6 cm³/mol. The van der Waals surface area contributed by atoms with Crippen LogP contribution in [0.25, 0.3) is 0 Å². The number of benzene rings is 1. The number of rotatable bonds is 6. The van der Waals surface area contributed by atoms with E-state index >= 15 is 0 Å². The monoisotopic (exact) mass is 405 g/mol. The zero-order valence-electron chi connectivity index (χ0n) is 15.2. The van der Waals surface area contributed by atoms with Gasteiger partial charge in [0.25, 0.3) is 10.0 Å². The zero-order valence-corrected chi connectivity index (χ0v) is 16.1. The van der Waals surface area contributed by atoms with Gasteiger partial charge in [0.2, 0.25) is 0 Å². The van der Waals surface area contributed by atoms with Crippen molar-refractivity contribution in [3.8, 4) is 5.75 Å². The van der Waals surface area contributed by atoms with Gasteiger partial charge in [-0.25, -0.2) is 17.8 Å². The normalized spacial score (nSPS) is 17.9. The zero-order chi connectivity index (χ0) is 19.7. The molecule has 1 N–H and O–H groups in total.